The van der Waals surface area contributed by atoms with Crippen LogP contribution in [0.1, 0.15) is 54.9 Å². The fraction of sp³-hybridized carbons (Fsp3) is 0.462. The molecule has 1 atom stereocenters. The summed E-state index contributed by atoms with van der Waals surface area (Å²) in [6, 6.07) is 16.1. The molecule has 30 heavy (non-hydrogen) atoms. The molecule has 3 rings (SSSR count). The first-order valence-electron chi connectivity index (χ1n) is 11.1. The highest BCUT2D eigenvalue weighted by molar-refractivity contribution is 5.88. The first-order valence-corrected chi connectivity index (χ1v) is 11.1. The summed E-state index contributed by atoms with van der Waals surface area (Å²) in [7, 11) is 0. The van der Waals surface area contributed by atoms with E-state index < -0.39 is 6.04 Å². The van der Waals surface area contributed by atoms with Crippen molar-refractivity contribution in [2.75, 3.05) is 6.54 Å². The van der Waals surface area contributed by atoms with Gasteiger partial charge in [-0.25, -0.2) is 0 Å². The Hall–Kier alpha value is -2.62. The predicted molar refractivity (Wildman–Crippen MR) is 121 cm³/mol. The molecule has 0 spiro atoms. The highest BCUT2D eigenvalue weighted by atomic mass is 16.2. The van der Waals surface area contributed by atoms with Gasteiger partial charge < -0.3 is 10.2 Å². The van der Waals surface area contributed by atoms with E-state index in [9.17, 15) is 9.59 Å². The number of benzene rings is 2. The Balaban J connectivity index is 1.73. The zero-order valence-corrected chi connectivity index (χ0v) is 18.5. The summed E-state index contributed by atoms with van der Waals surface area (Å²) < 4.78 is 0. The Kier molecular flexibility index (Phi) is 7.67. The van der Waals surface area contributed by atoms with Crippen molar-refractivity contribution in [3.63, 3.8) is 0 Å². The lowest BCUT2D eigenvalue weighted by Crippen LogP contribution is -2.51. The molecule has 0 heterocycles. The molecular formula is C26H34N2O2. The highest BCUT2D eigenvalue weighted by Gasteiger charge is 2.28. The number of hydrogen-bond acceptors (Lipinski definition) is 2. The summed E-state index contributed by atoms with van der Waals surface area (Å²) in [6.45, 7) is 6.47. The zero-order valence-electron chi connectivity index (χ0n) is 18.5. The monoisotopic (exact) mass is 406 g/mol. The average Bonchev–Trinajstić information content (AvgIpc) is 3.24. The maximum atomic E-state index is 13.3. The van der Waals surface area contributed by atoms with E-state index >= 15 is 0 Å². The molecule has 1 N–H and O–H groups in total. The van der Waals surface area contributed by atoms with Gasteiger partial charge >= 0.3 is 0 Å². The topological polar surface area (TPSA) is 49.4 Å². The molecule has 0 aliphatic heterocycles. The molecule has 0 unspecified atom stereocenters. The number of aryl methyl sites for hydroxylation is 2. The van der Waals surface area contributed by atoms with E-state index in [-0.39, 0.29) is 17.9 Å². The Bertz CT molecular complexity index is 857. The van der Waals surface area contributed by atoms with E-state index in [0.717, 1.165) is 36.0 Å². The number of hydrogen-bond donors (Lipinski definition) is 1. The quantitative estimate of drug-likeness (QED) is 0.708. The highest BCUT2D eigenvalue weighted by Crippen LogP contribution is 2.19. The molecule has 160 valence electrons. The minimum atomic E-state index is -0.480. The number of amides is 2. The van der Waals surface area contributed by atoms with E-state index in [1.807, 2.05) is 39.0 Å². The van der Waals surface area contributed by atoms with Crippen LogP contribution in [-0.2, 0) is 22.4 Å². The molecule has 0 bridgehead atoms. The van der Waals surface area contributed by atoms with Crippen LogP contribution in [-0.4, -0.2) is 35.3 Å². The van der Waals surface area contributed by atoms with Gasteiger partial charge in [0.1, 0.15) is 6.04 Å². The SMILES string of the molecule is Cc1ccc(C)c(CC(=O)N(CCc2ccccc2)[C@H](C)C(=O)NC2CCCC2)c1. The smallest absolute Gasteiger partial charge is 0.242 e. The average molecular weight is 407 g/mol. The van der Waals surface area contributed by atoms with Gasteiger partial charge in [0, 0.05) is 12.6 Å². The first-order chi connectivity index (χ1) is 14.4. The van der Waals surface area contributed by atoms with Crippen molar-refractivity contribution in [2.45, 2.75) is 71.4 Å². The number of carbonyl (C=O) groups is 2. The van der Waals surface area contributed by atoms with Crippen molar-refractivity contribution in [1.82, 2.24) is 10.2 Å². The molecular weight excluding hydrogens is 372 g/mol. The largest absolute Gasteiger partial charge is 0.352 e. The molecule has 4 heteroatoms. The van der Waals surface area contributed by atoms with Crippen LogP contribution >= 0.6 is 0 Å². The van der Waals surface area contributed by atoms with E-state index in [1.54, 1.807) is 4.90 Å². The van der Waals surface area contributed by atoms with Crippen molar-refractivity contribution < 1.29 is 9.59 Å². The minimum absolute atomic E-state index is 0.00806. The van der Waals surface area contributed by atoms with Crippen LogP contribution in [0.15, 0.2) is 48.5 Å². The van der Waals surface area contributed by atoms with Gasteiger partial charge in [-0.15, -0.1) is 0 Å². The standard InChI is InChI=1S/C26H34N2O2/c1-19-13-14-20(2)23(17-19)18-25(29)28(16-15-22-9-5-4-6-10-22)21(3)26(30)27-24-11-7-8-12-24/h4-6,9-10,13-14,17,21,24H,7-8,11-12,15-16,18H2,1-3H3,(H,27,30)/t21-/m1/s1. The van der Waals surface area contributed by atoms with Gasteiger partial charge in [0.2, 0.25) is 11.8 Å². The molecule has 1 saturated carbocycles. The van der Waals surface area contributed by atoms with Crippen molar-refractivity contribution >= 4 is 11.8 Å². The summed E-state index contributed by atoms with van der Waals surface area (Å²) in [4.78, 5) is 28.0. The maximum absolute atomic E-state index is 13.3. The maximum Gasteiger partial charge on any atom is 0.242 e. The van der Waals surface area contributed by atoms with Gasteiger partial charge in [-0.3, -0.25) is 9.59 Å². The molecule has 0 radical (unpaired) electrons. The van der Waals surface area contributed by atoms with Gasteiger partial charge in [-0.1, -0.05) is 66.9 Å². The van der Waals surface area contributed by atoms with Crippen molar-refractivity contribution in [2.24, 2.45) is 0 Å². The normalized spacial score (nSPS) is 15.0. The molecule has 1 aliphatic rings. The fourth-order valence-electron chi connectivity index (χ4n) is 4.22. The van der Waals surface area contributed by atoms with E-state index in [1.165, 1.54) is 18.4 Å². The third-order valence-corrected chi connectivity index (χ3v) is 6.20. The number of nitrogens with zero attached hydrogens (tertiary/aromatic N) is 1. The molecule has 0 aromatic heterocycles. The molecule has 1 fully saturated rings. The van der Waals surface area contributed by atoms with Crippen molar-refractivity contribution in [3.05, 3.63) is 70.8 Å². The van der Waals surface area contributed by atoms with Crippen LogP contribution < -0.4 is 5.32 Å². The van der Waals surface area contributed by atoms with Gasteiger partial charge in [0.15, 0.2) is 0 Å². The number of rotatable bonds is 8. The van der Waals surface area contributed by atoms with Crippen LogP contribution in [0.3, 0.4) is 0 Å². The second-order valence-corrected chi connectivity index (χ2v) is 8.60. The fourth-order valence-corrected chi connectivity index (χ4v) is 4.22. The molecule has 4 nitrogen and oxygen atoms in total. The Morgan fingerprint density at radius 3 is 2.47 bits per heavy atom. The number of nitrogens with one attached hydrogen (secondary N) is 1. The van der Waals surface area contributed by atoms with Crippen LogP contribution in [0.2, 0.25) is 0 Å². The zero-order chi connectivity index (χ0) is 21.5. The van der Waals surface area contributed by atoms with E-state index in [2.05, 4.69) is 35.6 Å². The minimum Gasteiger partial charge on any atom is -0.352 e. The van der Waals surface area contributed by atoms with Gasteiger partial charge in [0.05, 0.1) is 6.42 Å². The molecule has 2 amide bonds. The van der Waals surface area contributed by atoms with Crippen molar-refractivity contribution in [3.8, 4) is 0 Å². The molecule has 2 aromatic rings. The summed E-state index contributed by atoms with van der Waals surface area (Å²) in [5.41, 5.74) is 4.46. The summed E-state index contributed by atoms with van der Waals surface area (Å²) in [5, 5.41) is 3.16. The lowest BCUT2D eigenvalue weighted by Gasteiger charge is -2.30. The Labute approximate surface area is 180 Å². The van der Waals surface area contributed by atoms with Gasteiger partial charge in [-0.2, -0.15) is 0 Å². The second kappa shape index (κ2) is 10.4. The van der Waals surface area contributed by atoms with Crippen LogP contribution in [0.4, 0.5) is 0 Å². The summed E-state index contributed by atoms with van der Waals surface area (Å²) in [5.74, 6) is -0.0296. The van der Waals surface area contributed by atoms with Crippen molar-refractivity contribution in [1.29, 1.82) is 0 Å². The van der Waals surface area contributed by atoms with E-state index in [0.29, 0.717) is 13.0 Å². The third kappa shape index (κ3) is 5.94. The van der Waals surface area contributed by atoms with Crippen LogP contribution in [0.5, 0.6) is 0 Å². The van der Waals surface area contributed by atoms with E-state index in [4.69, 9.17) is 0 Å². The number of carbonyl (C=O) groups excluding carboxylic acids is 2. The Morgan fingerprint density at radius 1 is 1.07 bits per heavy atom. The van der Waals surface area contributed by atoms with Crippen LogP contribution in [0, 0.1) is 13.8 Å². The van der Waals surface area contributed by atoms with Gasteiger partial charge in [0.25, 0.3) is 0 Å². The lowest BCUT2D eigenvalue weighted by atomic mass is 10.0. The second-order valence-electron chi connectivity index (χ2n) is 8.60. The Morgan fingerprint density at radius 2 is 1.77 bits per heavy atom. The first kappa shape index (κ1) is 22.1. The molecule has 0 saturated heterocycles. The predicted octanol–water partition coefficient (Wildman–Crippen LogP) is 4.36. The van der Waals surface area contributed by atoms with Gasteiger partial charge in [-0.05, 0) is 56.7 Å². The molecule has 1 aliphatic carbocycles. The summed E-state index contributed by atoms with van der Waals surface area (Å²) >= 11 is 0. The summed E-state index contributed by atoms with van der Waals surface area (Å²) in [6.07, 6.45) is 5.48. The third-order valence-electron chi connectivity index (χ3n) is 6.20. The lowest BCUT2D eigenvalue weighted by molar-refractivity contribution is -0.139. The van der Waals surface area contributed by atoms with Crippen LogP contribution in [0.25, 0.3) is 0 Å². The molecule has 2 aromatic carbocycles.